The first-order valence-electron chi connectivity index (χ1n) is 2.52. The van der Waals surface area contributed by atoms with Gasteiger partial charge >= 0.3 is 0 Å². The lowest BCUT2D eigenvalue weighted by Gasteiger charge is -1.93. The summed E-state index contributed by atoms with van der Waals surface area (Å²) in [4.78, 5) is 3.70. The molecule has 4 nitrogen and oxygen atoms in total. The lowest BCUT2D eigenvalue weighted by molar-refractivity contribution is 0.711. The first-order chi connectivity index (χ1) is 3.91. The van der Waals surface area contributed by atoms with E-state index in [9.17, 15) is 0 Å². The molecule has 48 valence electrons. The summed E-state index contributed by atoms with van der Waals surface area (Å²) in [5, 5.41) is 2.93. The maximum Gasteiger partial charge on any atom is 0.0902 e. The van der Waals surface area contributed by atoms with Crippen molar-refractivity contribution in [2.45, 2.75) is 0 Å². The Kier molecular flexibility index (Phi) is 5.90. The van der Waals surface area contributed by atoms with Crippen molar-refractivity contribution in [2.24, 2.45) is 16.5 Å². The van der Waals surface area contributed by atoms with Crippen LogP contribution in [0.1, 0.15) is 0 Å². The molecule has 0 aliphatic rings. The Morgan fingerprint density at radius 1 is 1.62 bits per heavy atom. The minimum atomic E-state index is 0.563. The largest absolute Gasteiger partial charge is 0.390 e. The van der Waals surface area contributed by atoms with Gasteiger partial charge in [-0.25, -0.2) is 0 Å². The Labute approximate surface area is 49.0 Å². The standard InChI is InChI=1S/C4H12N4/c5-1-2-7-4-8-3-6/h3,7H,1-2,4-5H2,(H2,6,8). The monoisotopic (exact) mass is 116 g/mol. The van der Waals surface area contributed by atoms with Gasteiger partial charge < -0.3 is 11.5 Å². The van der Waals surface area contributed by atoms with E-state index in [1.165, 1.54) is 6.34 Å². The lowest BCUT2D eigenvalue weighted by atomic mass is 10.7. The van der Waals surface area contributed by atoms with Gasteiger partial charge in [0.1, 0.15) is 0 Å². The predicted molar refractivity (Wildman–Crippen MR) is 34.6 cm³/mol. The van der Waals surface area contributed by atoms with Crippen molar-refractivity contribution >= 4 is 6.34 Å². The molecule has 0 aliphatic carbocycles. The number of nitrogens with zero attached hydrogens (tertiary/aromatic N) is 1. The summed E-state index contributed by atoms with van der Waals surface area (Å²) < 4.78 is 0. The van der Waals surface area contributed by atoms with Gasteiger partial charge in [-0.1, -0.05) is 0 Å². The van der Waals surface area contributed by atoms with E-state index in [0.717, 1.165) is 6.54 Å². The number of hydrogen-bond donors (Lipinski definition) is 3. The van der Waals surface area contributed by atoms with Crippen LogP contribution in [0.15, 0.2) is 4.99 Å². The van der Waals surface area contributed by atoms with E-state index in [1.54, 1.807) is 0 Å². The van der Waals surface area contributed by atoms with E-state index >= 15 is 0 Å². The Morgan fingerprint density at radius 3 is 2.88 bits per heavy atom. The van der Waals surface area contributed by atoms with Crippen molar-refractivity contribution in [3.05, 3.63) is 0 Å². The lowest BCUT2D eigenvalue weighted by Crippen LogP contribution is -2.22. The number of nitrogens with one attached hydrogen (secondary N) is 1. The zero-order chi connectivity index (χ0) is 6.24. The summed E-state index contributed by atoms with van der Waals surface area (Å²) in [5.41, 5.74) is 10.1. The highest BCUT2D eigenvalue weighted by atomic mass is 15.0. The van der Waals surface area contributed by atoms with E-state index in [1.807, 2.05) is 0 Å². The Balaban J connectivity index is 2.72. The Hall–Kier alpha value is -0.610. The minimum Gasteiger partial charge on any atom is -0.390 e. The molecule has 0 bridgehead atoms. The van der Waals surface area contributed by atoms with Crippen LogP contribution in [-0.2, 0) is 0 Å². The number of hydrogen-bond acceptors (Lipinski definition) is 3. The smallest absolute Gasteiger partial charge is 0.0902 e. The molecule has 5 N–H and O–H groups in total. The molecule has 0 spiro atoms. The van der Waals surface area contributed by atoms with Crippen LogP contribution < -0.4 is 16.8 Å². The fourth-order valence-corrected chi connectivity index (χ4v) is 0.298. The van der Waals surface area contributed by atoms with Crippen LogP contribution >= 0.6 is 0 Å². The van der Waals surface area contributed by atoms with E-state index < -0.39 is 0 Å². The van der Waals surface area contributed by atoms with Crippen LogP contribution in [0.3, 0.4) is 0 Å². The number of rotatable bonds is 4. The highest BCUT2D eigenvalue weighted by molar-refractivity contribution is 5.50. The molecule has 0 unspecified atom stereocenters. The van der Waals surface area contributed by atoms with Gasteiger partial charge in [0.25, 0.3) is 0 Å². The second-order valence-electron chi connectivity index (χ2n) is 1.28. The maximum atomic E-state index is 5.17. The number of nitrogens with two attached hydrogens (primary N) is 2. The zero-order valence-corrected chi connectivity index (χ0v) is 4.80. The molecule has 0 atom stereocenters. The van der Waals surface area contributed by atoms with Crippen molar-refractivity contribution in [1.29, 1.82) is 0 Å². The van der Waals surface area contributed by atoms with E-state index in [-0.39, 0.29) is 0 Å². The third-order valence-corrected chi connectivity index (χ3v) is 0.630. The second-order valence-corrected chi connectivity index (χ2v) is 1.28. The van der Waals surface area contributed by atoms with Gasteiger partial charge in [-0.3, -0.25) is 10.3 Å². The molecule has 0 aromatic heterocycles. The van der Waals surface area contributed by atoms with Gasteiger partial charge in [0.15, 0.2) is 0 Å². The van der Waals surface area contributed by atoms with Crippen LogP contribution in [0, 0.1) is 0 Å². The number of aliphatic imine (C=N–C) groups is 1. The molecule has 0 aliphatic heterocycles. The van der Waals surface area contributed by atoms with Crippen molar-refractivity contribution in [1.82, 2.24) is 5.32 Å². The molecule has 0 rings (SSSR count). The molecular weight excluding hydrogens is 104 g/mol. The highest BCUT2D eigenvalue weighted by Crippen LogP contribution is 1.56. The summed E-state index contributed by atoms with van der Waals surface area (Å²) in [6.07, 6.45) is 1.27. The Bertz CT molecular complexity index is 61.1. The molecule has 0 radical (unpaired) electrons. The first kappa shape index (κ1) is 7.39. The average molecular weight is 116 g/mol. The van der Waals surface area contributed by atoms with Crippen molar-refractivity contribution in [3.63, 3.8) is 0 Å². The molecule has 0 saturated heterocycles. The van der Waals surface area contributed by atoms with Crippen molar-refractivity contribution in [2.75, 3.05) is 19.8 Å². The van der Waals surface area contributed by atoms with E-state index in [2.05, 4.69) is 10.3 Å². The summed E-state index contributed by atoms with van der Waals surface area (Å²) >= 11 is 0. The summed E-state index contributed by atoms with van der Waals surface area (Å²) in [6, 6.07) is 0. The minimum absolute atomic E-state index is 0.563. The quantitative estimate of drug-likeness (QED) is 0.237. The SMILES string of the molecule is NC=NCNCCN. The third-order valence-electron chi connectivity index (χ3n) is 0.630. The molecule has 4 heteroatoms. The molecule has 0 aromatic rings. The van der Waals surface area contributed by atoms with Crippen molar-refractivity contribution < 1.29 is 0 Å². The molecule has 0 amide bonds. The molecule has 0 heterocycles. The van der Waals surface area contributed by atoms with E-state index in [0.29, 0.717) is 13.2 Å². The summed E-state index contributed by atoms with van der Waals surface area (Å²) in [6.45, 7) is 1.99. The van der Waals surface area contributed by atoms with Gasteiger partial charge in [0.2, 0.25) is 0 Å². The highest BCUT2D eigenvalue weighted by Gasteiger charge is 1.75. The normalized spacial score (nSPS) is 10.6. The Morgan fingerprint density at radius 2 is 2.38 bits per heavy atom. The van der Waals surface area contributed by atoms with E-state index in [4.69, 9.17) is 11.5 Å². The predicted octanol–water partition coefficient (Wildman–Crippen LogP) is -1.52. The third kappa shape index (κ3) is 5.39. The molecule has 0 fully saturated rings. The fraction of sp³-hybridized carbons (Fsp3) is 0.750. The van der Waals surface area contributed by atoms with Crippen LogP contribution in [0.5, 0.6) is 0 Å². The first-order valence-corrected chi connectivity index (χ1v) is 2.52. The van der Waals surface area contributed by atoms with Gasteiger partial charge in [0.05, 0.1) is 13.0 Å². The maximum absolute atomic E-state index is 5.17. The molecule has 0 saturated carbocycles. The molecule has 8 heavy (non-hydrogen) atoms. The zero-order valence-electron chi connectivity index (χ0n) is 4.80. The van der Waals surface area contributed by atoms with Gasteiger partial charge in [-0.2, -0.15) is 0 Å². The summed E-state index contributed by atoms with van der Waals surface area (Å²) in [7, 11) is 0. The van der Waals surface area contributed by atoms with Crippen LogP contribution in [-0.4, -0.2) is 26.1 Å². The summed E-state index contributed by atoms with van der Waals surface area (Å²) in [5.74, 6) is 0. The van der Waals surface area contributed by atoms with Gasteiger partial charge in [-0.05, 0) is 0 Å². The van der Waals surface area contributed by atoms with Gasteiger partial charge in [0, 0.05) is 13.1 Å². The second kappa shape index (κ2) is 6.39. The fourth-order valence-electron chi connectivity index (χ4n) is 0.298. The molecular formula is C4H12N4. The van der Waals surface area contributed by atoms with Gasteiger partial charge in [-0.15, -0.1) is 0 Å². The average Bonchev–Trinajstić information content (AvgIpc) is 1.81. The molecule has 0 aromatic carbocycles. The van der Waals surface area contributed by atoms with Crippen LogP contribution in [0.2, 0.25) is 0 Å². The van der Waals surface area contributed by atoms with Crippen molar-refractivity contribution in [3.8, 4) is 0 Å². The topological polar surface area (TPSA) is 76.4 Å². The van der Waals surface area contributed by atoms with Crippen LogP contribution in [0.4, 0.5) is 0 Å². The van der Waals surface area contributed by atoms with Crippen LogP contribution in [0.25, 0.3) is 0 Å².